The van der Waals surface area contributed by atoms with Crippen LogP contribution in [0.15, 0.2) is 36.4 Å². The number of carbonyl (C=O) groups excluding carboxylic acids is 1. The molecule has 0 radical (unpaired) electrons. The summed E-state index contributed by atoms with van der Waals surface area (Å²) in [7, 11) is 0. The summed E-state index contributed by atoms with van der Waals surface area (Å²) >= 11 is 0. The number of carbonyl (C=O) groups is 1. The van der Waals surface area contributed by atoms with Crippen molar-refractivity contribution in [3.05, 3.63) is 59.3 Å². The van der Waals surface area contributed by atoms with Crippen molar-refractivity contribution in [2.24, 2.45) is 0 Å². The van der Waals surface area contributed by atoms with E-state index >= 15 is 0 Å². The van der Waals surface area contributed by atoms with E-state index in [1.54, 1.807) is 25.1 Å². The molecule has 0 atom stereocenters. The number of aromatic nitrogens is 1. The van der Waals surface area contributed by atoms with Crippen molar-refractivity contribution in [2.75, 3.05) is 5.32 Å². The van der Waals surface area contributed by atoms with E-state index in [1.807, 2.05) is 0 Å². The van der Waals surface area contributed by atoms with Crippen LogP contribution < -0.4 is 5.32 Å². The van der Waals surface area contributed by atoms with Crippen molar-refractivity contribution < 1.29 is 13.6 Å². The first-order valence-corrected chi connectivity index (χ1v) is 5.27. The fourth-order valence-corrected chi connectivity index (χ4v) is 1.48. The third-order valence-electron chi connectivity index (χ3n) is 2.33. The van der Waals surface area contributed by atoms with Crippen LogP contribution in [0.25, 0.3) is 0 Å². The zero-order valence-corrected chi connectivity index (χ0v) is 9.58. The van der Waals surface area contributed by atoms with Crippen LogP contribution in [0.1, 0.15) is 16.1 Å². The average molecular weight is 248 g/mol. The summed E-state index contributed by atoms with van der Waals surface area (Å²) in [5.41, 5.74) is 0.367. The standard InChI is InChI=1S/C13H10F2N2O/c1-8-4-2-7-11(16-8)17-13(18)9-5-3-6-10(14)12(9)15/h2-7H,1H3,(H,16,17,18). The summed E-state index contributed by atoms with van der Waals surface area (Å²) in [6, 6.07) is 8.48. The lowest BCUT2D eigenvalue weighted by Gasteiger charge is -2.06. The fraction of sp³-hybridized carbons (Fsp3) is 0.0769. The van der Waals surface area contributed by atoms with E-state index in [-0.39, 0.29) is 5.56 Å². The Morgan fingerprint density at radius 3 is 2.61 bits per heavy atom. The minimum atomic E-state index is -1.16. The smallest absolute Gasteiger partial charge is 0.259 e. The number of pyridine rings is 1. The molecule has 1 aromatic carbocycles. The van der Waals surface area contributed by atoms with Crippen LogP contribution in [0.3, 0.4) is 0 Å². The molecule has 1 amide bonds. The van der Waals surface area contributed by atoms with Gasteiger partial charge in [0, 0.05) is 5.69 Å². The molecule has 0 aliphatic heterocycles. The highest BCUT2D eigenvalue weighted by atomic mass is 19.2. The first kappa shape index (κ1) is 12.2. The molecular weight excluding hydrogens is 238 g/mol. The zero-order chi connectivity index (χ0) is 13.1. The number of amides is 1. The largest absolute Gasteiger partial charge is 0.306 e. The van der Waals surface area contributed by atoms with Crippen LogP contribution in [0.2, 0.25) is 0 Å². The summed E-state index contributed by atoms with van der Waals surface area (Å²) in [4.78, 5) is 15.8. The van der Waals surface area contributed by atoms with Gasteiger partial charge in [0.05, 0.1) is 5.56 Å². The molecule has 0 aliphatic rings. The Balaban J connectivity index is 2.25. The molecule has 0 fully saturated rings. The Morgan fingerprint density at radius 1 is 1.17 bits per heavy atom. The number of anilines is 1. The van der Waals surface area contributed by atoms with Crippen molar-refractivity contribution in [3.63, 3.8) is 0 Å². The highest BCUT2D eigenvalue weighted by Crippen LogP contribution is 2.13. The van der Waals surface area contributed by atoms with Gasteiger partial charge in [-0.1, -0.05) is 12.1 Å². The number of nitrogens with one attached hydrogen (secondary N) is 1. The minimum absolute atomic E-state index is 0.295. The summed E-state index contributed by atoms with van der Waals surface area (Å²) in [5.74, 6) is -2.66. The molecule has 92 valence electrons. The molecule has 2 aromatic rings. The van der Waals surface area contributed by atoms with Crippen LogP contribution in [0.5, 0.6) is 0 Å². The van der Waals surface area contributed by atoms with Crippen LogP contribution in [-0.4, -0.2) is 10.9 Å². The van der Waals surface area contributed by atoms with Crippen molar-refractivity contribution in [3.8, 4) is 0 Å². The summed E-state index contributed by atoms with van der Waals surface area (Å²) in [5, 5.41) is 2.41. The summed E-state index contributed by atoms with van der Waals surface area (Å²) in [6.45, 7) is 1.76. The maximum Gasteiger partial charge on any atom is 0.259 e. The summed E-state index contributed by atoms with van der Waals surface area (Å²) in [6.07, 6.45) is 0. The van der Waals surface area contributed by atoms with E-state index in [4.69, 9.17) is 0 Å². The van der Waals surface area contributed by atoms with Crippen LogP contribution in [-0.2, 0) is 0 Å². The number of hydrogen-bond acceptors (Lipinski definition) is 2. The number of hydrogen-bond donors (Lipinski definition) is 1. The highest BCUT2D eigenvalue weighted by molar-refractivity contribution is 6.03. The van der Waals surface area contributed by atoms with Crippen molar-refractivity contribution in [1.29, 1.82) is 0 Å². The molecule has 0 unspecified atom stereocenters. The molecule has 0 aliphatic carbocycles. The minimum Gasteiger partial charge on any atom is -0.306 e. The molecular formula is C13H10F2N2O. The SMILES string of the molecule is Cc1cccc(NC(=O)c2cccc(F)c2F)n1. The predicted octanol–water partition coefficient (Wildman–Crippen LogP) is 2.92. The van der Waals surface area contributed by atoms with Gasteiger partial charge >= 0.3 is 0 Å². The highest BCUT2D eigenvalue weighted by Gasteiger charge is 2.15. The van der Waals surface area contributed by atoms with E-state index in [9.17, 15) is 13.6 Å². The molecule has 1 aromatic heterocycles. The molecule has 0 saturated carbocycles. The second kappa shape index (κ2) is 4.91. The number of benzene rings is 1. The maximum absolute atomic E-state index is 13.4. The molecule has 1 heterocycles. The third kappa shape index (κ3) is 2.51. The van der Waals surface area contributed by atoms with Crippen molar-refractivity contribution in [1.82, 2.24) is 4.98 Å². The summed E-state index contributed by atoms with van der Waals surface area (Å²) < 4.78 is 26.3. The normalized spacial score (nSPS) is 10.2. The monoisotopic (exact) mass is 248 g/mol. The lowest BCUT2D eigenvalue weighted by atomic mass is 10.2. The van der Waals surface area contributed by atoms with Gasteiger partial charge in [0.15, 0.2) is 11.6 Å². The Kier molecular flexibility index (Phi) is 3.32. The van der Waals surface area contributed by atoms with E-state index in [1.165, 1.54) is 12.1 Å². The molecule has 18 heavy (non-hydrogen) atoms. The van der Waals surface area contributed by atoms with Gasteiger partial charge in [-0.2, -0.15) is 0 Å². The third-order valence-corrected chi connectivity index (χ3v) is 2.33. The quantitative estimate of drug-likeness (QED) is 0.887. The van der Waals surface area contributed by atoms with E-state index in [0.29, 0.717) is 11.5 Å². The van der Waals surface area contributed by atoms with Gasteiger partial charge in [-0.05, 0) is 31.2 Å². The number of nitrogens with zero attached hydrogens (tertiary/aromatic N) is 1. The van der Waals surface area contributed by atoms with Crippen molar-refractivity contribution >= 4 is 11.7 Å². The van der Waals surface area contributed by atoms with Crippen molar-refractivity contribution in [2.45, 2.75) is 6.92 Å². The Labute approximate surface area is 102 Å². The topological polar surface area (TPSA) is 42.0 Å². The lowest BCUT2D eigenvalue weighted by molar-refractivity contribution is 0.102. The second-order valence-electron chi connectivity index (χ2n) is 3.72. The van der Waals surface area contributed by atoms with Gasteiger partial charge in [-0.15, -0.1) is 0 Å². The number of rotatable bonds is 2. The van der Waals surface area contributed by atoms with Gasteiger partial charge in [-0.25, -0.2) is 13.8 Å². The molecule has 0 saturated heterocycles. The van der Waals surface area contributed by atoms with E-state index in [2.05, 4.69) is 10.3 Å². The average Bonchev–Trinajstić information content (AvgIpc) is 2.32. The molecule has 3 nitrogen and oxygen atoms in total. The Morgan fingerprint density at radius 2 is 1.89 bits per heavy atom. The Bertz CT molecular complexity index is 599. The van der Waals surface area contributed by atoms with Crippen LogP contribution in [0.4, 0.5) is 14.6 Å². The fourth-order valence-electron chi connectivity index (χ4n) is 1.48. The van der Waals surface area contributed by atoms with E-state index < -0.39 is 17.5 Å². The Hall–Kier alpha value is -2.30. The van der Waals surface area contributed by atoms with E-state index in [0.717, 1.165) is 6.07 Å². The maximum atomic E-state index is 13.4. The molecule has 2 rings (SSSR count). The molecule has 0 spiro atoms. The van der Waals surface area contributed by atoms with Gasteiger partial charge in [-0.3, -0.25) is 4.79 Å². The molecule has 1 N–H and O–H groups in total. The number of halogens is 2. The van der Waals surface area contributed by atoms with Gasteiger partial charge in [0.25, 0.3) is 5.91 Å². The predicted molar refractivity (Wildman–Crippen MR) is 63.3 cm³/mol. The second-order valence-corrected chi connectivity index (χ2v) is 3.72. The number of aryl methyl sites for hydroxylation is 1. The van der Waals surface area contributed by atoms with Crippen LogP contribution >= 0.6 is 0 Å². The first-order chi connectivity index (χ1) is 8.58. The zero-order valence-electron chi connectivity index (χ0n) is 9.58. The first-order valence-electron chi connectivity index (χ1n) is 5.27. The van der Waals surface area contributed by atoms with Gasteiger partial charge < -0.3 is 5.32 Å². The lowest BCUT2D eigenvalue weighted by Crippen LogP contribution is -2.15. The van der Waals surface area contributed by atoms with Gasteiger partial charge in [0.2, 0.25) is 0 Å². The molecule has 0 bridgehead atoms. The van der Waals surface area contributed by atoms with Gasteiger partial charge in [0.1, 0.15) is 5.82 Å². The van der Waals surface area contributed by atoms with Crippen LogP contribution in [0, 0.1) is 18.6 Å². The molecule has 5 heteroatoms.